The molecule has 9 nitrogen and oxygen atoms in total. The van der Waals surface area contributed by atoms with E-state index in [0.717, 1.165) is 16.9 Å². The summed E-state index contributed by atoms with van der Waals surface area (Å²) in [6, 6.07) is 2.61. The van der Waals surface area contributed by atoms with Crippen LogP contribution < -0.4 is 5.73 Å². The van der Waals surface area contributed by atoms with Crippen LogP contribution in [0, 0.1) is 0 Å². The molecule has 0 saturated carbocycles. The molecule has 3 rings (SSSR count). The Kier molecular flexibility index (Phi) is 4.63. The normalized spacial score (nSPS) is 12.4. The van der Waals surface area contributed by atoms with E-state index in [-0.39, 0.29) is 17.4 Å². The predicted octanol–water partition coefficient (Wildman–Crippen LogP) is 1.71. The van der Waals surface area contributed by atoms with Gasteiger partial charge >= 0.3 is 6.18 Å². The number of nitrogens with zero attached hydrogens (tertiary/aromatic N) is 6. The first kappa shape index (κ1) is 18.8. The van der Waals surface area contributed by atoms with Crippen LogP contribution in [-0.4, -0.2) is 43.1 Å². The van der Waals surface area contributed by atoms with E-state index in [1.165, 1.54) is 18.5 Å². The zero-order valence-corrected chi connectivity index (χ0v) is 14.7. The molecule has 27 heavy (non-hydrogen) atoms. The minimum absolute atomic E-state index is 0.162. The van der Waals surface area contributed by atoms with Crippen LogP contribution in [0.2, 0.25) is 0 Å². The van der Waals surface area contributed by atoms with Gasteiger partial charge in [-0.15, -0.1) is 0 Å². The summed E-state index contributed by atoms with van der Waals surface area (Å²) in [6.07, 6.45) is -0.812. The van der Waals surface area contributed by atoms with E-state index < -0.39 is 33.3 Å². The summed E-state index contributed by atoms with van der Waals surface area (Å²) in [4.78, 5) is 7.66. The molecular formula is C14H14F3N7O2S. The first-order valence-corrected chi connectivity index (χ1v) is 9.28. The molecule has 2 N–H and O–H groups in total. The third kappa shape index (κ3) is 3.49. The number of aromatic nitrogens is 6. The summed E-state index contributed by atoms with van der Waals surface area (Å²) in [6.45, 7) is 1.66. The van der Waals surface area contributed by atoms with Gasteiger partial charge in [0.05, 0.1) is 17.0 Å². The Morgan fingerprint density at radius 1 is 1.19 bits per heavy atom. The number of alkyl halides is 3. The third-order valence-electron chi connectivity index (χ3n) is 3.50. The Hall–Kier alpha value is -2.96. The van der Waals surface area contributed by atoms with Gasteiger partial charge in [0.1, 0.15) is 5.82 Å². The van der Waals surface area contributed by atoms with Crippen molar-refractivity contribution >= 4 is 15.8 Å². The monoisotopic (exact) mass is 401 g/mol. The van der Waals surface area contributed by atoms with Crippen LogP contribution in [0.5, 0.6) is 0 Å². The number of rotatable bonds is 5. The molecule has 0 spiro atoms. The van der Waals surface area contributed by atoms with E-state index in [1.54, 1.807) is 6.92 Å². The van der Waals surface area contributed by atoms with Crippen LogP contribution in [0.4, 0.5) is 19.0 Å². The van der Waals surface area contributed by atoms with Crippen molar-refractivity contribution in [2.24, 2.45) is 0 Å². The van der Waals surface area contributed by atoms with Gasteiger partial charge in [-0.25, -0.2) is 18.4 Å². The minimum Gasteiger partial charge on any atom is -0.383 e. The van der Waals surface area contributed by atoms with Crippen molar-refractivity contribution in [3.63, 3.8) is 0 Å². The number of nitrogen functional groups attached to an aromatic ring is 1. The number of hydrogen-bond acceptors (Lipinski definition) is 7. The average molecular weight is 401 g/mol. The molecule has 13 heteroatoms. The van der Waals surface area contributed by atoms with E-state index in [2.05, 4.69) is 20.2 Å². The topological polar surface area (TPSA) is 122 Å². The van der Waals surface area contributed by atoms with Crippen LogP contribution in [0.25, 0.3) is 17.2 Å². The minimum atomic E-state index is -4.85. The molecule has 0 radical (unpaired) electrons. The first-order chi connectivity index (χ1) is 12.6. The number of hydrogen-bond donors (Lipinski definition) is 1. The molecule has 0 unspecified atom stereocenters. The lowest BCUT2D eigenvalue weighted by atomic mass is 10.1. The Bertz CT molecular complexity index is 1060. The van der Waals surface area contributed by atoms with Gasteiger partial charge in [0.2, 0.25) is 0 Å². The maximum atomic E-state index is 13.5. The summed E-state index contributed by atoms with van der Waals surface area (Å²) >= 11 is 0. The van der Waals surface area contributed by atoms with Crippen molar-refractivity contribution in [2.45, 2.75) is 19.5 Å². The highest BCUT2D eigenvalue weighted by molar-refractivity contribution is 7.89. The van der Waals surface area contributed by atoms with Gasteiger partial charge in [0, 0.05) is 18.6 Å². The SMILES string of the molecule is CCCS(=O)(=O)n1ccc(-c2c(C(F)(F)F)nn(-c3ncccn3)c2N)n1. The lowest BCUT2D eigenvalue weighted by molar-refractivity contribution is -0.140. The zero-order chi connectivity index (χ0) is 19.8. The van der Waals surface area contributed by atoms with Crippen LogP contribution in [0.3, 0.4) is 0 Å². The van der Waals surface area contributed by atoms with Gasteiger partial charge < -0.3 is 5.73 Å². The van der Waals surface area contributed by atoms with E-state index >= 15 is 0 Å². The number of anilines is 1. The lowest BCUT2D eigenvalue weighted by Crippen LogP contribution is -2.16. The van der Waals surface area contributed by atoms with Crippen molar-refractivity contribution in [1.29, 1.82) is 0 Å². The Morgan fingerprint density at radius 3 is 2.44 bits per heavy atom. The van der Waals surface area contributed by atoms with Crippen molar-refractivity contribution in [3.8, 4) is 17.2 Å². The van der Waals surface area contributed by atoms with Crippen LogP contribution in [-0.2, 0) is 16.2 Å². The van der Waals surface area contributed by atoms with E-state index in [0.29, 0.717) is 10.5 Å². The highest BCUT2D eigenvalue weighted by Gasteiger charge is 2.40. The molecule has 0 aliphatic rings. The fourth-order valence-corrected chi connectivity index (χ4v) is 3.54. The molecule has 144 valence electrons. The summed E-state index contributed by atoms with van der Waals surface area (Å²) in [5.74, 6) is -0.774. The van der Waals surface area contributed by atoms with Gasteiger partial charge in [0.25, 0.3) is 16.0 Å². The summed E-state index contributed by atoms with van der Waals surface area (Å²) in [5.41, 5.74) is 3.73. The maximum Gasteiger partial charge on any atom is 0.435 e. The second-order valence-corrected chi connectivity index (χ2v) is 7.40. The van der Waals surface area contributed by atoms with Crippen LogP contribution in [0.15, 0.2) is 30.7 Å². The van der Waals surface area contributed by atoms with Crippen molar-refractivity contribution in [2.75, 3.05) is 11.5 Å². The van der Waals surface area contributed by atoms with Gasteiger partial charge in [0.15, 0.2) is 5.69 Å². The van der Waals surface area contributed by atoms with Gasteiger partial charge in [-0.3, -0.25) is 0 Å². The smallest absolute Gasteiger partial charge is 0.383 e. The van der Waals surface area contributed by atoms with Crippen molar-refractivity contribution < 1.29 is 21.6 Å². The summed E-state index contributed by atoms with van der Waals surface area (Å²) < 4.78 is 66.0. The van der Waals surface area contributed by atoms with Crippen LogP contribution >= 0.6 is 0 Å². The molecule has 0 bridgehead atoms. The maximum absolute atomic E-state index is 13.5. The average Bonchev–Trinajstić information content (AvgIpc) is 3.20. The lowest BCUT2D eigenvalue weighted by Gasteiger charge is -2.05. The molecule has 0 atom stereocenters. The quantitative estimate of drug-likeness (QED) is 0.691. The second kappa shape index (κ2) is 6.64. The van der Waals surface area contributed by atoms with Gasteiger partial charge in [-0.1, -0.05) is 6.92 Å². The predicted molar refractivity (Wildman–Crippen MR) is 89.3 cm³/mol. The molecule has 0 aliphatic heterocycles. The molecule has 3 heterocycles. The Morgan fingerprint density at radius 2 is 1.85 bits per heavy atom. The largest absolute Gasteiger partial charge is 0.435 e. The molecule has 3 aromatic rings. The zero-order valence-electron chi connectivity index (χ0n) is 13.9. The highest BCUT2D eigenvalue weighted by atomic mass is 32.2. The second-order valence-electron chi connectivity index (χ2n) is 5.46. The van der Waals surface area contributed by atoms with Crippen molar-refractivity contribution in [1.82, 2.24) is 28.9 Å². The summed E-state index contributed by atoms with van der Waals surface area (Å²) in [5, 5.41) is 7.25. The molecule has 0 amide bonds. The summed E-state index contributed by atoms with van der Waals surface area (Å²) in [7, 11) is -3.77. The van der Waals surface area contributed by atoms with E-state index in [9.17, 15) is 21.6 Å². The van der Waals surface area contributed by atoms with E-state index in [1.807, 2.05) is 0 Å². The molecule has 0 aliphatic carbocycles. The fraction of sp³-hybridized carbons (Fsp3) is 0.286. The standard InChI is InChI=1S/C14H14F3N7O2S/c1-2-8-27(25,26)23-7-4-9(21-23)10-11(14(15,16)17)22-24(12(10)18)13-19-5-3-6-20-13/h3-7H,2,8,18H2,1H3. The van der Waals surface area contributed by atoms with Crippen LogP contribution in [0.1, 0.15) is 19.0 Å². The van der Waals surface area contributed by atoms with E-state index in [4.69, 9.17) is 5.73 Å². The fourth-order valence-electron chi connectivity index (χ4n) is 2.38. The number of halogens is 3. The molecule has 0 aromatic carbocycles. The molecule has 0 fully saturated rings. The third-order valence-corrected chi connectivity index (χ3v) is 5.20. The molecule has 3 aromatic heterocycles. The van der Waals surface area contributed by atoms with Crippen molar-refractivity contribution in [3.05, 3.63) is 36.4 Å². The van der Waals surface area contributed by atoms with Gasteiger partial charge in [-0.05, 0) is 18.6 Å². The van der Waals surface area contributed by atoms with Gasteiger partial charge in [-0.2, -0.15) is 32.1 Å². The molecular weight excluding hydrogens is 387 g/mol. The highest BCUT2D eigenvalue weighted by Crippen LogP contribution is 2.39. The molecule has 0 saturated heterocycles. The number of nitrogens with two attached hydrogens (primary N) is 1. The Balaban J connectivity index is 2.19. The Labute approximate surface area is 151 Å². The first-order valence-electron chi connectivity index (χ1n) is 7.67.